The lowest BCUT2D eigenvalue weighted by Gasteiger charge is -2.31. The smallest absolute Gasteiger partial charge is 0.321 e. The number of piperidine rings is 2. The third-order valence-corrected chi connectivity index (χ3v) is 14.4. The molecule has 77 heavy (non-hydrogen) atoms. The molecule has 4 aliphatic rings. The second-order valence-electron chi connectivity index (χ2n) is 18.6. The summed E-state index contributed by atoms with van der Waals surface area (Å²) in [6.45, 7) is 1.96. The van der Waals surface area contributed by atoms with Crippen LogP contribution >= 0.6 is 45.8 Å². The number of likely N-dealkylation sites (tertiary alicyclic amines) is 2. The highest BCUT2D eigenvalue weighted by atomic mass is 127. The van der Waals surface area contributed by atoms with Crippen molar-refractivity contribution in [2.45, 2.75) is 87.6 Å². The van der Waals surface area contributed by atoms with E-state index in [0.717, 1.165) is 50.9 Å². The lowest BCUT2D eigenvalue weighted by Crippen LogP contribution is -2.41. The van der Waals surface area contributed by atoms with Crippen LogP contribution in [0.1, 0.15) is 56.8 Å². The van der Waals surface area contributed by atoms with Crippen LogP contribution in [-0.2, 0) is 9.47 Å². The van der Waals surface area contributed by atoms with Crippen LogP contribution in [-0.4, -0.2) is 168 Å². The number of hydrogen-bond acceptors (Lipinski definition) is 18. The maximum atomic E-state index is 12.5. The number of nitrogens with one attached hydrogen (secondary N) is 2. The normalized spacial score (nSPS) is 23.5. The number of terminal acetylenes is 1. The minimum absolute atomic E-state index is 0.0542. The quantitative estimate of drug-likeness (QED) is 0.0591. The van der Waals surface area contributed by atoms with Crippen LogP contribution in [0.4, 0.5) is 32.6 Å². The fraction of sp³-hybridized carbons (Fsp3) is 0.440. The summed E-state index contributed by atoms with van der Waals surface area (Å²) in [6, 6.07) is 13.9. The predicted molar refractivity (Wildman–Crippen MR) is 293 cm³/mol. The number of fused-ring (bicyclic) bond motifs is 2. The van der Waals surface area contributed by atoms with Gasteiger partial charge >= 0.3 is 12.1 Å². The maximum Gasteiger partial charge on any atom is 0.321 e. The molecule has 6 aromatic rings. The number of nitrogens with two attached hydrogens (primary N) is 2. The van der Waals surface area contributed by atoms with Crippen LogP contribution < -0.4 is 22.1 Å². The van der Waals surface area contributed by atoms with Crippen LogP contribution in [0.15, 0.2) is 61.2 Å². The highest BCUT2D eigenvalue weighted by molar-refractivity contribution is 14.1. The van der Waals surface area contributed by atoms with Crippen molar-refractivity contribution in [2.24, 2.45) is 11.8 Å². The Morgan fingerprint density at radius 3 is 1.52 bits per heavy atom. The van der Waals surface area contributed by atoms with Gasteiger partial charge in [-0.3, -0.25) is 9.13 Å². The van der Waals surface area contributed by atoms with E-state index in [-0.39, 0.29) is 29.5 Å². The van der Waals surface area contributed by atoms with Crippen molar-refractivity contribution in [3.8, 4) is 24.2 Å². The van der Waals surface area contributed by atoms with E-state index in [2.05, 4.69) is 58.3 Å². The molecule has 0 saturated carbocycles. The number of halogens is 3. The number of urea groups is 2. The van der Waals surface area contributed by atoms with Gasteiger partial charge in [-0.2, -0.15) is 0 Å². The molecule has 4 fully saturated rings. The Bertz CT molecular complexity index is 3100. The van der Waals surface area contributed by atoms with Gasteiger partial charge in [0.15, 0.2) is 39.2 Å². The van der Waals surface area contributed by atoms with Gasteiger partial charge in [-0.15, -0.1) is 12.3 Å². The number of rotatable bonds is 8. The van der Waals surface area contributed by atoms with E-state index >= 15 is 0 Å². The number of aliphatic hydroxyl groups is 6. The lowest BCUT2D eigenvalue weighted by molar-refractivity contribution is -0.0511. The fourth-order valence-corrected chi connectivity index (χ4v) is 9.83. The minimum atomic E-state index is -1.28. The van der Waals surface area contributed by atoms with Gasteiger partial charge in [0.1, 0.15) is 47.7 Å². The van der Waals surface area contributed by atoms with Crippen molar-refractivity contribution in [1.82, 2.24) is 48.8 Å². The van der Waals surface area contributed by atoms with Gasteiger partial charge in [-0.05, 0) is 92.0 Å². The number of anilines is 4. The fourth-order valence-electron chi connectivity index (χ4n) is 9.09. The summed E-state index contributed by atoms with van der Waals surface area (Å²) in [4.78, 5) is 53.4. The van der Waals surface area contributed by atoms with Crippen LogP contribution in [0, 0.1) is 39.9 Å². The van der Waals surface area contributed by atoms with E-state index in [4.69, 9.17) is 55.7 Å². The summed E-state index contributed by atoms with van der Waals surface area (Å²) in [6.07, 6.45) is 4.57. The summed E-state index contributed by atoms with van der Waals surface area (Å²) in [5.41, 5.74) is 14.7. The standard InChI is InChI=1S/C25H28ClN7O5.C15H17ClN2O.C10H12IN5O4/c26-15-4-6-16(7-5-15)29-25(37)32-10-8-14(9-11-32)2-1-3-18-30-22(27)19-23(31-18)33(13-28-19)24-21(36)20(35)17(12-34)38-24;1-2-3-12-8-10-18(11-9-12)15(19)17-14-6-4-13(16)5-7-14;11-10-14-7(12)4-8(15-10)16(2-13-4)9-6(19)5(18)3(1-17)20-9/h4-7,13-14,17,20-21,24,34-36H,2,8-12H2,(H,29,37)(H2,27,30,31);1,4-7,12H,3,8-11H2,(H,17,19);2-3,5-6,9,17-19H,1H2,(H2,12,14,15)/t17-,20?,21+,24-;;3-,5?,6+,9-/m1.1/s1. The Hall–Kier alpha value is -6.21. The second kappa shape index (κ2) is 26.0. The van der Waals surface area contributed by atoms with Crippen molar-refractivity contribution in [2.75, 3.05) is 61.5 Å². The number of imidazole rings is 2. The van der Waals surface area contributed by atoms with Crippen molar-refractivity contribution in [3.63, 3.8) is 0 Å². The molecule has 10 rings (SSSR count). The Morgan fingerprint density at radius 2 is 1.09 bits per heavy atom. The van der Waals surface area contributed by atoms with Gasteiger partial charge in [0.2, 0.25) is 5.82 Å². The molecule has 4 aromatic heterocycles. The average Bonchev–Trinajstić information content (AvgIpc) is 4.28. The number of nitrogens with zero attached hydrogens (tertiary/aromatic N) is 10. The third-order valence-electron chi connectivity index (χ3n) is 13.4. The number of carbonyl (C=O) groups is 2. The van der Waals surface area contributed by atoms with E-state index < -0.39 is 62.3 Å². The van der Waals surface area contributed by atoms with Gasteiger partial charge in [0.25, 0.3) is 0 Å². The van der Waals surface area contributed by atoms with Crippen molar-refractivity contribution >= 4 is 103 Å². The predicted octanol–water partition coefficient (Wildman–Crippen LogP) is 3.59. The molecule has 24 nitrogen and oxygen atoms in total. The summed E-state index contributed by atoms with van der Waals surface area (Å²) in [7, 11) is 0. The number of carbonyl (C=O) groups excluding carboxylic acids is 2. The number of benzene rings is 2. The van der Waals surface area contributed by atoms with Gasteiger partial charge in [0, 0.05) is 83.0 Å². The number of nitrogen functional groups attached to an aromatic ring is 2. The number of amides is 4. The number of aromatic nitrogens is 8. The largest absolute Gasteiger partial charge is 0.394 e. The second-order valence-corrected chi connectivity index (χ2v) is 20.4. The molecule has 0 aliphatic carbocycles. The van der Waals surface area contributed by atoms with Crippen LogP contribution in [0.25, 0.3) is 22.3 Å². The Morgan fingerprint density at radius 1 is 0.662 bits per heavy atom. The summed E-state index contributed by atoms with van der Waals surface area (Å²) >= 11 is 13.6. The number of ether oxygens (including phenoxy) is 2. The van der Waals surface area contributed by atoms with Gasteiger partial charge in [-0.25, -0.2) is 39.5 Å². The summed E-state index contributed by atoms with van der Waals surface area (Å²) < 4.78 is 14.4. The van der Waals surface area contributed by atoms with Gasteiger partial charge in [0.05, 0.1) is 25.9 Å². The third kappa shape index (κ3) is 13.7. The molecular weight excluding hydrogens is 1150 g/mol. The topological polar surface area (TPSA) is 344 Å². The summed E-state index contributed by atoms with van der Waals surface area (Å²) in [5, 5.41) is 65.8. The van der Waals surface area contributed by atoms with E-state index in [0.29, 0.717) is 73.2 Å². The number of aliphatic hydroxyl groups excluding tert-OH is 6. The monoisotopic (exact) mass is 1210 g/mol. The molecule has 2 aromatic carbocycles. The summed E-state index contributed by atoms with van der Waals surface area (Å²) in [5.74, 6) is 10.2. The lowest BCUT2D eigenvalue weighted by atomic mass is 9.94. The highest BCUT2D eigenvalue weighted by Gasteiger charge is 2.45. The molecule has 8 heterocycles. The highest BCUT2D eigenvalue weighted by Crippen LogP contribution is 2.34. The SMILES string of the molecule is C#CCC1CCN(C(=O)Nc2ccc(Cl)cc2)CC1.Nc1nc(C#CCC2CCN(C(=O)Nc3ccc(Cl)cc3)CC2)nc2c1ncn2[C@@H]1O[C@H](CO)C(O)[C@@H]1O.Nc1nc(I)nc2c1ncn2[C@@H]1O[C@H](CO)C(O)[C@@H]1O. The van der Waals surface area contributed by atoms with E-state index in [1.165, 1.54) is 21.8 Å². The Balaban J connectivity index is 0.000000169. The Labute approximate surface area is 465 Å². The first kappa shape index (κ1) is 57.0. The molecule has 2 unspecified atom stereocenters. The first-order valence-corrected chi connectivity index (χ1v) is 26.3. The molecule has 0 radical (unpaired) electrons. The van der Waals surface area contributed by atoms with E-state index in [1.807, 2.05) is 27.5 Å². The zero-order chi connectivity index (χ0) is 54.9. The van der Waals surface area contributed by atoms with Gasteiger partial charge < -0.3 is 72.0 Å². The molecule has 4 amide bonds. The molecule has 408 valence electrons. The van der Waals surface area contributed by atoms with Crippen LogP contribution in [0.5, 0.6) is 0 Å². The van der Waals surface area contributed by atoms with Crippen molar-refractivity contribution in [3.05, 3.63) is 80.9 Å². The molecule has 12 N–H and O–H groups in total. The zero-order valence-electron chi connectivity index (χ0n) is 41.2. The average molecular weight is 1210 g/mol. The zero-order valence-corrected chi connectivity index (χ0v) is 44.9. The molecule has 4 saturated heterocycles. The Kier molecular flexibility index (Phi) is 19.2. The van der Waals surface area contributed by atoms with Crippen molar-refractivity contribution < 1.29 is 49.7 Å². The maximum absolute atomic E-state index is 12.5. The van der Waals surface area contributed by atoms with Crippen molar-refractivity contribution in [1.29, 1.82) is 0 Å². The van der Waals surface area contributed by atoms with Crippen LogP contribution in [0.3, 0.4) is 0 Å². The minimum Gasteiger partial charge on any atom is -0.394 e. The molecule has 0 spiro atoms. The van der Waals surface area contributed by atoms with E-state index in [9.17, 15) is 35.1 Å². The molecule has 27 heteroatoms. The molecule has 8 atom stereocenters. The first-order valence-electron chi connectivity index (χ1n) is 24.5. The van der Waals surface area contributed by atoms with Gasteiger partial charge in [-0.1, -0.05) is 29.1 Å². The van der Waals surface area contributed by atoms with E-state index in [1.54, 1.807) is 53.4 Å². The first-order chi connectivity index (χ1) is 37.0. The van der Waals surface area contributed by atoms with Crippen LogP contribution in [0.2, 0.25) is 10.0 Å². The molecular formula is C50H57Cl2IN14O10. The molecule has 4 aliphatic heterocycles. The number of hydrogen-bond donors (Lipinski definition) is 10. The molecule has 0 bridgehead atoms.